The first-order valence-corrected chi connectivity index (χ1v) is 22.4. The third kappa shape index (κ3) is 10.5. The molecule has 0 bridgehead atoms. The normalized spacial score (nSPS) is 13.8. The zero-order valence-electron chi connectivity index (χ0n) is 32.5. The number of nitrogen functional groups attached to an aromatic ring is 1. The zero-order valence-corrected chi connectivity index (χ0v) is 34.9. The van der Waals surface area contributed by atoms with Gasteiger partial charge in [-0.2, -0.15) is 16.8 Å². The van der Waals surface area contributed by atoms with Gasteiger partial charge in [0.25, 0.3) is 21.9 Å². The number of nitrogens with two attached hydrogens (primary N) is 2. The quantitative estimate of drug-likeness (QED) is 0.0342. The topological polar surface area (TPSA) is 324 Å². The van der Waals surface area contributed by atoms with E-state index in [1.807, 2.05) is 0 Å². The first kappa shape index (κ1) is 46.4. The minimum atomic E-state index is -5.25. The number of hydroxylamine groups is 2. The Kier molecular flexibility index (Phi) is 14.1. The molecule has 0 radical (unpaired) electrons. The van der Waals surface area contributed by atoms with E-state index in [0.717, 1.165) is 36.9 Å². The number of imide groups is 1. The highest BCUT2D eigenvalue weighted by molar-refractivity contribution is 7.90. The molecule has 3 aliphatic rings. The van der Waals surface area contributed by atoms with Gasteiger partial charge >= 0.3 is 22.1 Å². The molecule has 1 aliphatic carbocycles. The second kappa shape index (κ2) is 17.9. The van der Waals surface area contributed by atoms with E-state index >= 15 is 0 Å². The number of fused-ring (bicyclic) bond motifs is 2. The van der Waals surface area contributed by atoms with Crippen molar-refractivity contribution in [1.82, 2.24) is 14.7 Å². The molecule has 320 valence electrons. The number of nitrogens with zero attached hydrogens (tertiary/aromatic N) is 2. The Morgan fingerprint density at radius 3 is 2.05 bits per heavy atom. The number of carboxylic acid groups (broad SMARTS) is 1. The molecule has 59 heavy (non-hydrogen) atoms. The van der Waals surface area contributed by atoms with Crippen LogP contribution in [0.1, 0.15) is 74.6 Å². The molecule has 2 aromatic rings. The van der Waals surface area contributed by atoms with Crippen molar-refractivity contribution in [3.05, 3.63) is 58.9 Å². The number of aromatic carboxylic acids is 1. The minimum absolute atomic E-state index is 0.218. The summed E-state index contributed by atoms with van der Waals surface area (Å²) in [6.45, 7) is 11.8. The van der Waals surface area contributed by atoms with Crippen LogP contribution in [0.25, 0.3) is 33.4 Å². The Labute approximate surface area is 339 Å². The summed E-state index contributed by atoms with van der Waals surface area (Å²) >= 11 is 0. The number of amides is 2. The van der Waals surface area contributed by atoms with Crippen molar-refractivity contribution >= 4 is 70.7 Å². The Hall–Kier alpha value is -5.30. The lowest BCUT2D eigenvalue weighted by Gasteiger charge is -2.28. The highest BCUT2D eigenvalue weighted by Gasteiger charge is 2.35. The number of anilines is 1. The number of carboxylic acids is 1. The number of carbonyl (C=O) groups excluding carboxylic acids is 3. The smallest absolute Gasteiger partial charge is 0.363 e. The van der Waals surface area contributed by atoms with Crippen LogP contribution in [0.2, 0.25) is 0 Å². The number of rotatable bonds is 14. The van der Waals surface area contributed by atoms with Crippen molar-refractivity contribution in [3.63, 3.8) is 0 Å². The van der Waals surface area contributed by atoms with Crippen LogP contribution in [-0.2, 0) is 44.7 Å². The molecule has 20 nitrogen and oxygen atoms in total. The van der Waals surface area contributed by atoms with Crippen LogP contribution < -0.4 is 21.2 Å². The van der Waals surface area contributed by atoms with Gasteiger partial charge in [-0.05, 0) is 82.6 Å². The lowest BCUT2D eigenvalue weighted by molar-refractivity contribution is -0.176. The second-order valence-corrected chi connectivity index (χ2v) is 18.4. The molecule has 0 atom stereocenters. The van der Waals surface area contributed by atoms with Gasteiger partial charge in [0.1, 0.15) is 4.90 Å². The summed E-state index contributed by atoms with van der Waals surface area (Å²) in [5, 5.41) is 15.5. The van der Waals surface area contributed by atoms with Gasteiger partial charge in [0.05, 0.1) is 22.6 Å². The van der Waals surface area contributed by atoms with Crippen LogP contribution in [0.3, 0.4) is 0 Å². The summed E-state index contributed by atoms with van der Waals surface area (Å²) in [7, 11) is -14.5. The summed E-state index contributed by atoms with van der Waals surface area (Å²) in [4.78, 5) is 55.3. The molecule has 0 saturated carbocycles. The summed E-state index contributed by atoms with van der Waals surface area (Å²) in [5.41, 5.74) is 3.05. The highest BCUT2D eigenvalue weighted by Crippen LogP contribution is 2.46. The number of sulfonamides is 1. The predicted molar refractivity (Wildman–Crippen MR) is 210 cm³/mol. The van der Waals surface area contributed by atoms with Crippen molar-refractivity contribution in [2.45, 2.75) is 75.8 Å². The Morgan fingerprint density at radius 1 is 0.932 bits per heavy atom. The Morgan fingerprint density at radius 2 is 1.54 bits per heavy atom. The summed E-state index contributed by atoms with van der Waals surface area (Å²) in [6.07, 6.45) is -0.829. The average Bonchev–Trinajstić information content (AvgIpc) is 3.43. The van der Waals surface area contributed by atoms with Gasteiger partial charge in [0, 0.05) is 54.0 Å². The largest absolute Gasteiger partial charge is 0.478 e. The second-order valence-electron chi connectivity index (χ2n) is 13.8. The van der Waals surface area contributed by atoms with E-state index in [-0.39, 0.29) is 40.0 Å². The van der Waals surface area contributed by atoms with Gasteiger partial charge in [-0.3, -0.25) is 29.0 Å². The third-order valence-electron chi connectivity index (χ3n) is 9.05. The Balaban J connectivity index is 0.000000764. The van der Waals surface area contributed by atoms with Gasteiger partial charge in [-0.25, -0.2) is 22.7 Å². The van der Waals surface area contributed by atoms with E-state index in [0.29, 0.717) is 12.1 Å². The van der Waals surface area contributed by atoms with Crippen LogP contribution in [-0.4, -0.2) is 104 Å². The van der Waals surface area contributed by atoms with Gasteiger partial charge in [0.2, 0.25) is 20.3 Å². The molecule has 0 spiro atoms. The minimum Gasteiger partial charge on any atom is -0.478 e. The van der Waals surface area contributed by atoms with Crippen molar-refractivity contribution in [3.8, 4) is 22.5 Å². The molecular weight excluding hydrogens is 839 g/mol. The number of benzene rings is 3. The van der Waals surface area contributed by atoms with Gasteiger partial charge in [0.15, 0.2) is 11.3 Å². The highest BCUT2D eigenvalue weighted by atomic mass is 32.2. The van der Waals surface area contributed by atoms with Crippen LogP contribution in [0.5, 0.6) is 0 Å². The van der Waals surface area contributed by atoms with E-state index in [9.17, 15) is 54.1 Å². The number of carbonyl (C=O) groups is 4. The maximum Gasteiger partial charge on any atom is 0.363 e. The maximum atomic E-state index is 13.6. The fourth-order valence-corrected chi connectivity index (χ4v) is 9.14. The molecule has 1 saturated heterocycles. The van der Waals surface area contributed by atoms with Crippen molar-refractivity contribution in [1.29, 1.82) is 0 Å². The standard InChI is InChI=1S/C28H24N4O15S3.C8H19N/c29-18-6-4-15-22(17-12-13(2-3-14(17)27(35)36)28(37)47-32-20(33)8-9-21(32)34)16-5-7-19(30)26(50(43,44)45)24(16)46-23(15)25(18)49(41,42)31-10-1-11-48(38,39)40;1-6-9(7(2)3)8(4)5/h2-7,12,30-31H,1,8-11,29H2,(H,35,36)(H,38,39,40)(H,43,44,45);7-8H,6H2,1-5H3/p+1. The molecule has 0 aromatic heterocycles. The molecule has 0 unspecified atom stereocenters. The molecule has 1 fully saturated rings. The van der Waals surface area contributed by atoms with Gasteiger partial charge in [-0.1, -0.05) is 6.92 Å². The van der Waals surface area contributed by atoms with Crippen molar-refractivity contribution in [2.24, 2.45) is 0 Å². The Bertz CT molecular complexity index is 2670. The van der Waals surface area contributed by atoms with Crippen LogP contribution >= 0.6 is 0 Å². The number of nitrogens with one attached hydrogen (secondary N) is 1. The van der Waals surface area contributed by atoms with Gasteiger partial charge < -0.3 is 20.1 Å². The van der Waals surface area contributed by atoms with Gasteiger partial charge in [-0.15, -0.1) is 5.06 Å². The molecular formula is C36H44N5O15S3+. The van der Waals surface area contributed by atoms with Crippen LogP contribution in [0.4, 0.5) is 5.69 Å². The molecule has 8 N–H and O–H groups in total. The van der Waals surface area contributed by atoms with E-state index in [2.05, 4.69) is 44.2 Å². The monoisotopic (exact) mass is 882 g/mol. The summed E-state index contributed by atoms with van der Waals surface area (Å²) in [6, 6.07) is 8.79. The molecule has 2 heterocycles. The van der Waals surface area contributed by atoms with E-state index < -0.39 is 116 Å². The zero-order chi connectivity index (χ0) is 44.4. The molecule has 23 heteroatoms. The number of hydrogen-bond acceptors (Lipinski definition) is 14. The van der Waals surface area contributed by atoms with E-state index in [1.54, 1.807) is 0 Å². The fourth-order valence-electron chi connectivity index (χ4n) is 6.55. The maximum absolute atomic E-state index is 13.6. The van der Waals surface area contributed by atoms with Crippen LogP contribution in [0.15, 0.2) is 56.7 Å². The van der Waals surface area contributed by atoms with E-state index in [1.165, 1.54) is 12.1 Å². The first-order valence-electron chi connectivity index (χ1n) is 17.8. The van der Waals surface area contributed by atoms with Crippen molar-refractivity contribution in [2.75, 3.05) is 24.6 Å². The summed E-state index contributed by atoms with van der Waals surface area (Å²) in [5.74, 6) is -6.04. The summed E-state index contributed by atoms with van der Waals surface area (Å²) < 4.78 is 102. The number of hydrogen-bond donors (Lipinski definition) is 6. The van der Waals surface area contributed by atoms with Crippen molar-refractivity contribution < 1.29 is 73.3 Å². The molecule has 2 aromatic carbocycles. The molecule has 2 aliphatic heterocycles. The van der Waals surface area contributed by atoms with Crippen LogP contribution in [0, 0.1) is 0 Å². The lowest BCUT2D eigenvalue weighted by Crippen LogP contribution is -2.47. The first-order chi connectivity index (χ1) is 27.3. The van der Waals surface area contributed by atoms with E-state index in [4.69, 9.17) is 25.0 Å². The average molecular weight is 883 g/mol. The predicted octanol–water partition coefficient (Wildman–Crippen LogP) is 1.29. The SMILES string of the molecule is CCN(C(C)C)C(C)C.Nc1ccc2c(-c3cc(C(=O)ON4C(=O)CCC4=O)ccc3C(=O)O)c3ccc(=[NH2+])c(S(=O)(=O)O)c-3oc2c1S(=O)(=O)NCCCS(=O)(=O)O. The lowest BCUT2D eigenvalue weighted by atomic mass is 9.89. The molecule has 2 amide bonds. The third-order valence-corrected chi connectivity index (χ3v) is 12.3. The molecule has 5 rings (SSSR count). The fraction of sp³-hybridized carbons (Fsp3) is 0.361.